The van der Waals surface area contributed by atoms with E-state index in [1.54, 1.807) is 54.5 Å². The lowest BCUT2D eigenvalue weighted by molar-refractivity contribution is -0.137. The van der Waals surface area contributed by atoms with Crippen LogP contribution in [-0.4, -0.2) is 96.2 Å². The number of benzene rings is 2. The Balaban J connectivity index is 0.848. The fourth-order valence-corrected chi connectivity index (χ4v) is 8.76. The molecule has 7 rings (SSSR count). The maximum Gasteiger partial charge on any atom is 0.255 e. The van der Waals surface area contributed by atoms with Gasteiger partial charge in [-0.2, -0.15) is 4.98 Å². The molecule has 3 aliphatic rings. The van der Waals surface area contributed by atoms with Crippen molar-refractivity contribution in [1.29, 1.82) is 0 Å². The lowest BCUT2D eigenvalue weighted by atomic mass is 10.0. The number of amides is 6. The van der Waals surface area contributed by atoms with Crippen molar-refractivity contribution in [2.75, 3.05) is 54.2 Å². The van der Waals surface area contributed by atoms with Crippen molar-refractivity contribution in [3.8, 4) is 5.75 Å². The third-order valence-electron chi connectivity index (χ3n) is 10.9. The molecule has 0 saturated carbocycles. The van der Waals surface area contributed by atoms with E-state index in [2.05, 4.69) is 31.6 Å². The van der Waals surface area contributed by atoms with E-state index in [-0.39, 0.29) is 55.3 Å². The number of fused-ring (bicyclic) bond motifs is 2. The first-order valence-electron chi connectivity index (χ1n) is 20.1. The minimum atomic E-state index is -0.731. The summed E-state index contributed by atoms with van der Waals surface area (Å²) in [6.45, 7) is 4.24. The van der Waals surface area contributed by atoms with Crippen LogP contribution in [0.5, 0.6) is 5.75 Å². The Kier molecular flexibility index (Phi) is 13.4. The van der Waals surface area contributed by atoms with Crippen LogP contribution in [0.3, 0.4) is 0 Å². The van der Waals surface area contributed by atoms with Gasteiger partial charge in [-0.25, -0.2) is 4.98 Å². The molecule has 5 N–H and O–H groups in total. The highest BCUT2D eigenvalue weighted by molar-refractivity contribution is 7.16. The van der Waals surface area contributed by atoms with E-state index >= 15 is 0 Å². The van der Waals surface area contributed by atoms with Gasteiger partial charge in [-0.05, 0) is 81.2 Å². The Morgan fingerprint density at radius 1 is 1.03 bits per heavy atom. The molecular weight excluding hydrogens is 824 g/mol. The summed E-state index contributed by atoms with van der Waals surface area (Å²) in [6, 6.07) is 12.8. The van der Waals surface area contributed by atoms with E-state index in [0.717, 1.165) is 4.88 Å². The highest BCUT2D eigenvalue weighted by atomic mass is 35.5. The number of methoxy groups -OCH3 is 1. The van der Waals surface area contributed by atoms with Gasteiger partial charge in [-0.15, -0.1) is 11.3 Å². The predicted molar refractivity (Wildman–Crippen MR) is 231 cm³/mol. The second-order valence-electron chi connectivity index (χ2n) is 14.8. The second kappa shape index (κ2) is 19.1. The Hall–Kier alpha value is -6.11. The van der Waals surface area contributed by atoms with E-state index in [4.69, 9.17) is 21.3 Å². The number of nitrogens with one attached hydrogen (secondary N) is 5. The summed E-state index contributed by atoms with van der Waals surface area (Å²) in [5, 5.41) is 14.7. The number of imide groups is 1. The van der Waals surface area contributed by atoms with Gasteiger partial charge in [0.2, 0.25) is 29.6 Å². The molecule has 1 saturated heterocycles. The molecule has 4 aromatic rings. The first kappa shape index (κ1) is 43.0. The van der Waals surface area contributed by atoms with E-state index in [1.165, 1.54) is 23.3 Å². The molecule has 0 bridgehead atoms. The van der Waals surface area contributed by atoms with Gasteiger partial charge < -0.3 is 40.7 Å². The van der Waals surface area contributed by atoms with Gasteiger partial charge in [0.15, 0.2) is 5.82 Å². The molecule has 1 fully saturated rings. The molecule has 0 aliphatic carbocycles. The summed E-state index contributed by atoms with van der Waals surface area (Å²) in [6.07, 6.45) is 4.12. The summed E-state index contributed by atoms with van der Waals surface area (Å²) < 4.78 is 6.30. The number of thiophene rings is 1. The monoisotopic (exact) mass is 870 g/mol. The van der Waals surface area contributed by atoms with Crippen molar-refractivity contribution in [3.63, 3.8) is 0 Å². The number of likely N-dealkylation sites (N-methyl/N-ethyl adjacent to an activating group) is 1. The summed E-state index contributed by atoms with van der Waals surface area (Å²) >= 11 is 7.67. The number of carbonyl (C=O) groups is 6. The molecule has 3 aliphatic heterocycles. The predicted octanol–water partition coefficient (Wildman–Crippen LogP) is 4.59. The number of aromatic nitrogens is 2. The highest BCUT2D eigenvalue weighted by Crippen LogP contribution is 2.38. The standard InChI is InChI=1S/C42H47ClN10O7S/c1-4-30-41(59)51(2)32-21-46-42(50-37(32)52(30)22-25-12-15-34(43)61-25)48-29-13-11-24(20-33(29)60-3)38(56)45-19-7-18-44-17-6-10-35(54)47-28-9-5-8-26-27(28)23-53(40(26)58)31-14-16-36(55)49-39(31)57/h5,8-9,11-13,15,20-21,30-31,44H,4,6-7,10,14,16-19,22-23H2,1-3H3,(H,45,56)(H,47,54)(H,46,48,50)(H,49,55,57)/t30-,31?/m1/s1. The van der Waals surface area contributed by atoms with Gasteiger partial charge in [0.05, 0.1) is 29.9 Å². The van der Waals surface area contributed by atoms with Crippen LogP contribution >= 0.6 is 22.9 Å². The summed E-state index contributed by atoms with van der Waals surface area (Å²) in [5.41, 5.74) is 3.18. The fourth-order valence-electron chi connectivity index (χ4n) is 7.67. The fraction of sp³-hybridized carbons (Fsp3) is 0.381. The van der Waals surface area contributed by atoms with Gasteiger partial charge >= 0.3 is 0 Å². The molecule has 1 unspecified atom stereocenters. The number of hydrogen-bond donors (Lipinski definition) is 5. The lowest BCUT2D eigenvalue weighted by Gasteiger charge is -2.40. The molecule has 0 radical (unpaired) electrons. The number of nitrogens with zero attached hydrogens (tertiary/aromatic N) is 5. The number of halogens is 1. The van der Waals surface area contributed by atoms with Gasteiger partial charge in [0.25, 0.3) is 11.8 Å². The van der Waals surface area contributed by atoms with Crippen LogP contribution in [0.25, 0.3) is 0 Å². The number of anilines is 5. The van der Waals surface area contributed by atoms with Gasteiger partial charge in [0, 0.05) is 60.2 Å². The third-order valence-corrected chi connectivity index (χ3v) is 12.1. The third kappa shape index (κ3) is 9.61. The molecule has 61 heavy (non-hydrogen) atoms. The molecule has 6 amide bonds. The Morgan fingerprint density at radius 2 is 1.85 bits per heavy atom. The minimum Gasteiger partial charge on any atom is -0.495 e. The van der Waals surface area contributed by atoms with Crippen LogP contribution in [0.15, 0.2) is 54.7 Å². The number of hydrogen-bond acceptors (Lipinski definition) is 13. The van der Waals surface area contributed by atoms with Crippen molar-refractivity contribution in [3.05, 3.63) is 80.6 Å². The average Bonchev–Trinajstić information content (AvgIpc) is 3.82. The van der Waals surface area contributed by atoms with E-state index < -0.39 is 18.0 Å². The zero-order chi connectivity index (χ0) is 43.2. The van der Waals surface area contributed by atoms with Crippen LogP contribution in [0.2, 0.25) is 4.34 Å². The molecular formula is C42H47ClN10O7S. The van der Waals surface area contributed by atoms with Crippen molar-refractivity contribution < 1.29 is 33.5 Å². The summed E-state index contributed by atoms with van der Waals surface area (Å²) in [5.74, 6) is -0.297. The van der Waals surface area contributed by atoms with Gasteiger partial charge in [-0.1, -0.05) is 24.6 Å². The highest BCUT2D eigenvalue weighted by Gasteiger charge is 2.40. The van der Waals surface area contributed by atoms with E-state index in [1.807, 2.05) is 24.0 Å². The van der Waals surface area contributed by atoms with Crippen LogP contribution in [0, 0.1) is 0 Å². The molecule has 2 aromatic carbocycles. The zero-order valence-electron chi connectivity index (χ0n) is 34.0. The van der Waals surface area contributed by atoms with Crippen LogP contribution < -0.4 is 41.1 Å². The molecule has 5 heterocycles. The number of ether oxygens (including phenoxy) is 1. The maximum absolute atomic E-state index is 13.3. The Morgan fingerprint density at radius 3 is 2.61 bits per heavy atom. The molecule has 320 valence electrons. The number of piperidine rings is 1. The minimum absolute atomic E-state index is 0.0375. The van der Waals surface area contributed by atoms with Crippen molar-refractivity contribution in [2.24, 2.45) is 0 Å². The summed E-state index contributed by atoms with van der Waals surface area (Å²) in [7, 11) is 3.24. The maximum atomic E-state index is 13.3. The molecule has 2 atom stereocenters. The zero-order valence-corrected chi connectivity index (χ0v) is 35.6. The van der Waals surface area contributed by atoms with E-state index in [9.17, 15) is 28.8 Å². The van der Waals surface area contributed by atoms with Crippen molar-refractivity contribution in [2.45, 2.75) is 70.6 Å². The quantitative estimate of drug-likeness (QED) is 0.0730. The largest absolute Gasteiger partial charge is 0.495 e. The molecule has 17 nitrogen and oxygen atoms in total. The van der Waals surface area contributed by atoms with Gasteiger partial charge in [0.1, 0.15) is 23.5 Å². The van der Waals surface area contributed by atoms with Crippen LogP contribution in [0.4, 0.5) is 28.8 Å². The van der Waals surface area contributed by atoms with Crippen molar-refractivity contribution in [1.82, 2.24) is 30.8 Å². The first-order valence-corrected chi connectivity index (χ1v) is 21.3. The van der Waals surface area contributed by atoms with Crippen molar-refractivity contribution >= 4 is 87.2 Å². The Bertz CT molecular complexity index is 2360. The number of carbonyl (C=O) groups excluding carboxylic acids is 6. The first-order chi connectivity index (χ1) is 29.4. The smallest absolute Gasteiger partial charge is 0.255 e. The van der Waals surface area contributed by atoms with Crippen LogP contribution in [-0.2, 0) is 32.3 Å². The van der Waals surface area contributed by atoms with Gasteiger partial charge in [-0.3, -0.25) is 34.1 Å². The van der Waals surface area contributed by atoms with Crippen LogP contribution in [0.1, 0.15) is 76.6 Å². The summed E-state index contributed by atoms with van der Waals surface area (Å²) in [4.78, 5) is 91.5. The molecule has 0 spiro atoms. The topological polar surface area (TPSA) is 207 Å². The average molecular weight is 871 g/mol. The Labute approximate surface area is 361 Å². The second-order valence-corrected chi connectivity index (χ2v) is 16.6. The van der Waals surface area contributed by atoms with E-state index in [0.29, 0.717) is 101 Å². The number of rotatable bonds is 17. The molecule has 19 heteroatoms. The molecule has 2 aromatic heterocycles. The normalized spacial score (nSPS) is 17.2. The SMILES string of the molecule is CC[C@@H]1C(=O)N(C)c2cnc(Nc3ccc(C(=O)NCCCNCCCC(=O)Nc4cccc5c4CN(C4CCC(=O)NC4=O)C5=O)cc3OC)nc2N1Cc1ccc(Cl)s1. The lowest BCUT2D eigenvalue weighted by Crippen LogP contribution is -2.52.